The molecule has 1 amide bonds. The fourth-order valence-corrected chi connectivity index (χ4v) is 2.92. The van der Waals surface area contributed by atoms with Crippen LogP contribution in [0.25, 0.3) is 0 Å². The summed E-state index contributed by atoms with van der Waals surface area (Å²) in [4.78, 5) is 12.2. The second-order valence-electron chi connectivity index (χ2n) is 6.29. The summed E-state index contributed by atoms with van der Waals surface area (Å²) in [5, 5.41) is 7.12. The van der Waals surface area contributed by atoms with E-state index in [2.05, 4.69) is 10.4 Å². The van der Waals surface area contributed by atoms with Crippen molar-refractivity contribution in [3.8, 4) is 0 Å². The van der Waals surface area contributed by atoms with Crippen molar-refractivity contribution in [3.05, 3.63) is 48.0 Å². The number of aromatic nitrogens is 2. The number of hydrogen-bond donors (Lipinski definition) is 1. The minimum absolute atomic E-state index is 0.0209. The van der Waals surface area contributed by atoms with Gasteiger partial charge in [0.1, 0.15) is 5.82 Å². The lowest BCUT2D eigenvalue weighted by Gasteiger charge is -2.11. The van der Waals surface area contributed by atoms with Gasteiger partial charge in [0.25, 0.3) is 0 Å². The van der Waals surface area contributed by atoms with E-state index in [1.54, 1.807) is 23.0 Å². The van der Waals surface area contributed by atoms with Gasteiger partial charge in [-0.25, -0.2) is 4.39 Å². The van der Waals surface area contributed by atoms with E-state index in [4.69, 9.17) is 4.74 Å². The van der Waals surface area contributed by atoms with E-state index >= 15 is 0 Å². The van der Waals surface area contributed by atoms with Gasteiger partial charge in [0.15, 0.2) is 0 Å². The third-order valence-electron chi connectivity index (χ3n) is 4.26. The Hall–Kier alpha value is -2.21. The first-order valence-electron chi connectivity index (χ1n) is 8.29. The zero-order valence-corrected chi connectivity index (χ0v) is 13.7. The number of rotatable bonds is 6. The molecule has 2 atom stereocenters. The normalized spacial score (nSPS) is 18.5. The molecule has 1 aliphatic rings. The van der Waals surface area contributed by atoms with Crippen molar-refractivity contribution in [2.75, 3.05) is 11.9 Å². The van der Waals surface area contributed by atoms with Crippen molar-refractivity contribution in [3.63, 3.8) is 0 Å². The van der Waals surface area contributed by atoms with Crippen LogP contribution in [0.4, 0.5) is 10.1 Å². The second-order valence-corrected chi connectivity index (χ2v) is 6.29. The second kappa shape index (κ2) is 7.57. The van der Waals surface area contributed by atoms with Crippen LogP contribution in [0, 0.1) is 5.82 Å². The van der Waals surface area contributed by atoms with Crippen LogP contribution in [-0.2, 0) is 16.1 Å². The maximum Gasteiger partial charge on any atom is 0.225 e. The first-order valence-corrected chi connectivity index (χ1v) is 8.29. The molecule has 2 aromatic rings. The van der Waals surface area contributed by atoms with Gasteiger partial charge in [0, 0.05) is 19.2 Å². The van der Waals surface area contributed by atoms with Gasteiger partial charge in [-0.2, -0.15) is 5.10 Å². The van der Waals surface area contributed by atoms with Crippen LogP contribution in [-0.4, -0.2) is 28.4 Å². The number of anilines is 1. The van der Waals surface area contributed by atoms with E-state index in [0.29, 0.717) is 18.7 Å². The SMILES string of the molecule is C[C@@H](CC(=O)Nc1cnn(C[C@@H]2CCCO2)c1)c1ccc(F)cc1. The maximum absolute atomic E-state index is 13.0. The number of nitrogens with zero attached hydrogens (tertiary/aromatic N) is 2. The summed E-state index contributed by atoms with van der Waals surface area (Å²) in [5.41, 5.74) is 1.63. The van der Waals surface area contributed by atoms with Gasteiger partial charge in [-0.15, -0.1) is 0 Å². The Labute approximate surface area is 140 Å². The summed E-state index contributed by atoms with van der Waals surface area (Å²) in [6, 6.07) is 6.26. The molecule has 24 heavy (non-hydrogen) atoms. The molecule has 2 heterocycles. The molecule has 0 saturated carbocycles. The molecule has 1 aliphatic heterocycles. The van der Waals surface area contributed by atoms with Crippen molar-refractivity contribution >= 4 is 11.6 Å². The lowest BCUT2D eigenvalue weighted by molar-refractivity contribution is -0.116. The number of carbonyl (C=O) groups excluding carboxylic acids is 1. The molecule has 1 aromatic heterocycles. The number of nitrogens with one attached hydrogen (secondary N) is 1. The standard InChI is InChI=1S/C18H22FN3O2/c1-13(14-4-6-15(19)7-5-14)9-18(23)21-16-10-20-22(11-16)12-17-3-2-8-24-17/h4-7,10-11,13,17H,2-3,8-9,12H2,1H3,(H,21,23)/t13-,17-/m0/s1. The Morgan fingerprint density at radius 3 is 2.96 bits per heavy atom. The summed E-state index contributed by atoms with van der Waals surface area (Å²) in [5.74, 6) is -0.329. The van der Waals surface area contributed by atoms with E-state index < -0.39 is 0 Å². The largest absolute Gasteiger partial charge is 0.376 e. The molecule has 0 bridgehead atoms. The molecule has 6 heteroatoms. The molecular formula is C18H22FN3O2. The van der Waals surface area contributed by atoms with E-state index in [1.807, 2.05) is 13.1 Å². The molecule has 0 spiro atoms. The number of ether oxygens (including phenoxy) is 1. The summed E-state index contributed by atoms with van der Waals surface area (Å²) < 4.78 is 20.3. The molecule has 1 fully saturated rings. The van der Waals surface area contributed by atoms with Gasteiger partial charge in [-0.3, -0.25) is 9.48 Å². The highest BCUT2D eigenvalue weighted by molar-refractivity contribution is 5.90. The Morgan fingerprint density at radius 2 is 2.25 bits per heavy atom. The van der Waals surface area contributed by atoms with Crippen LogP contribution < -0.4 is 5.32 Å². The fourth-order valence-electron chi connectivity index (χ4n) is 2.92. The maximum atomic E-state index is 13.0. The summed E-state index contributed by atoms with van der Waals surface area (Å²) in [6.07, 6.45) is 6.17. The van der Waals surface area contributed by atoms with Crippen LogP contribution in [0.15, 0.2) is 36.7 Å². The number of amides is 1. The zero-order valence-electron chi connectivity index (χ0n) is 13.7. The number of carbonyl (C=O) groups is 1. The number of benzene rings is 1. The monoisotopic (exact) mass is 331 g/mol. The average Bonchev–Trinajstić information content (AvgIpc) is 3.20. The third kappa shape index (κ3) is 4.41. The van der Waals surface area contributed by atoms with E-state index in [0.717, 1.165) is 25.0 Å². The first-order chi connectivity index (χ1) is 11.6. The van der Waals surface area contributed by atoms with Gasteiger partial charge >= 0.3 is 0 Å². The van der Waals surface area contributed by atoms with Gasteiger partial charge in [0.2, 0.25) is 5.91 Å². The highest BCUT2D eigenvalue weighted by Gasteiger charge is 2.17. The fraction of sp³-hybridized carbons (Fsp3) is 0.444. The lowest BCUT2D eigenvalue weighted by atomic mass is 9.97. The molecule has 0 radical (unpaired) electrons. The quantitative estimate of drug-likeness (QED) is 0.883. The Balaban J connectivity index is 1.51. The van der Waals surface area contributed by atoms with Crippen molar-refractivity contribution < 1.29 is 13.9 Å². The molecular weight excluding hydrogens is 309 g/mol. The van der Waals surface area contributed by atoms with Crippen LogP contribution in [0.5, 0.6) is 0 Å². The minimum atomic E-state index is -0.269. The molecule has 0 aliphatic carbocycles. The van der Waals surface area contributed by atoms with Crippen molar-refractivity contribution in [2.45, 2.75) is 44.8 Å². The van der Waals surface area contributed by atoms with Crippen molar-refractivity contribution in [2.24, 2.45) is 0 Å². The van der Waals surface area contributed by atoms with Crippen molar-refractivity contribution in [1.29, 1.82) is 0 Å². The van der Waals surface area contributed by atoms with E-state index in [-0.39, 0.29) is 23.7 Å². The van der Waals surface area contributed by atoms with E-state index in [1.165, 1.54) is 12.1 Å². The number of hydrogen-bond acceptors (Lipinski definition) is 3. The summed E-state index contributed by atoms with van der Waals surface area (Å²) in [6.45, 7) is 3.48. The van der Waals surface area contributed by atoms with Gasteiger partial charge in [-0.05, 0) is 36.5 Å². The molecule has 128 valence electrons. The highest BCUT2D eigenvalue weighted by atomic mass is 19.1. The number of halogens is 1. The Bertz CT molecular complexity index is 678. The van der Waals surface area contributed by atoms with Crippen LogP contribution in [0.3, 0.4) is 0 Å². The van der Waals surface area contributed by atoms with Gasteiger partial charge in [-0.1, -0.05) is 19.1 Å². The van der Waals surface area contributed by atoms with Gasteiger partial charge < -0.3 is 10.1 Å². The molecule has 0 unspecified atom stereocenters. The molecule has 1 saturated heterocycles. The van der Waals surface area contributed by atoms with Crippen LogP contribution in [0.1, 0.15) is 37.7 Å². The third-order valence-corrected chi connectivity index (χ3v) is 4.26. The van der Waals surface area contributed by atoms with Crippen LogP contribution >= 0.6 is 0 Å². The predicted octanol–water partition coefficient (Wildman–Crippen LogP) is 3.33. The van der Waals surface area contributed by atoms with Crippen LogP contribution in [0.2, 0.25) is 0 Å². The van der Waals surface area contributed by atoms with Gasteiger partial charge in [0.05, 0.1) is 24.5 Å². The molecule has 1 aromatic carbocycles. The zero-order chi connectivity index (χ0) is 16.9. The molecule has 3 rings (SSSR count). The average molecular weight is 331 g/mol. The predicted molar refractivity (Wildman–Crippen MR) is 89.3 cm³/mol. The Morgan fingerprint density at radius 1 is 1.46 bits per heavy atom. The van der Waals surface area contributed by atoms with E-state index in [9.17, 15) is 9.18 Å². The molecule has 5 nitrogen and oxygen atoms in total. The minimum Gasteiger partial charge on any atom is -0.376 e. The Kier molecular flexibility index (Phi) is 5.25. The molecule has 1 N–H and O–H groups in total. The first kappa shape index (κ1) is 16.6. The smallest absolute Gasteiger partial charge is 0.225 e. The highest BCUT2D eigenvalue weighted by Crippen LogP contribution is 2.20. The topological polar surface area (TPSA) is 56.2 Å². The lowest BCUT2D eigenvalue weighted by Crippen LogP contribution is -2.15. The summed E-state index contributed by atoms with van der Waals surface area (Å²) in [7, 11) is 0. The summed E-state index contributed by atoms with van der Waals surface area (Å²) >= 11 is 0. The van der Waals surface area contributed by atoms with Crippen molar-refractivity contribution in [1.82, 2.24) is 9.78 Å².